The molecule has 0 saturated carbocycles. The molecule has 23 heavy (non-hydrogen) atoms. The Bertz CT molecular complexity index is 587. The van der Waals surface area contributed by atoms with Gasteiger partial charge in [0.1, 0.15) is 0 Å². The zero-order valence-electron chi connectivity index (χ0n) is 14.8. The first-order chi connectivity index (χ1) is 10.9. The maximum absolute atomic E-state index is 12.8. The van der Waals surface area contributed by atoms with Gasteiger partial charge in [0, 0.05) is 29.8 Å². The smallest absolute Gasteiger partial charge is 0.274 e. The maximum atomic E-state index is 12.8. The van der Waals surface area contributed by atoms with Gasteiger partial charge >= 0.3 is 0 Å². The number of aromatic amines is 1. The van der Waals surface area contributed by atoms with Gasteiger partial charge in [0.05, 0.1) is 6.61 Å². The van der Waals surface area contributed by atoms with Crippen molar-refractivity contribution in [1.82, 2.24) is 15.1 Å². The molecule has 1 aliphatic heterocycles. The van der Waals surface area contributed by atoms with E-state index in [4.69, 9.17) is 0 Å². The van der Waals surface area contributed by atoms with Crippen molar-refractivity contribution in [3.8, 4) is 0 Å². The van der Waals surface area contributed by atoms with Gasteiger partial charge in [-0.25, -0.2) is 0 Å². The average Bonchev–Trinajstić information content (AvgIpc) is 2.93. The molecule has 0 bridgehead atoms. The van der Waals surface area contributed by atoms with Gasteiger partial charge in [-0.15, -0.1) is 0 Å². The Morgan fingerprint density at radius 3 is 2.78 bits per heavy atom. The molecule has 1 atom stereocenters. The number of amides is 1. The number of aromatic nitrogens is 2. The summed E-state index contributed by atoms with van der Waals surface area (Å²) in [5.41, 5.74) is 3.52. The predicted octanol–water partition coefficient (Wildman–Crippen LogP) is 2.85. The quantitative estimate of drug-likeness (QED) is 0.820. The van der Waals surface area contributed by atoms with Crippen LogP contribution in [0, 0.1) is 12.3 Å². The molecule has 1 aliphatic rings. The van der Waals surface area contributed by atoms with Crippen LogP contribution in [0.1, 0.15) is 61.8 Å². The molecule has 0 spiro atoms. The Morgan fingerprint density at radius 2 is 2.22 bits per heavy atom. The van der Waals surface area contributed by atoms with Gasteiger partial charge in [-0.1, -0.05) is 18.6 Å². The summed E-state index contributed by atoms with van der Waals surface area (Å²) in [6.45, 7) is 9.57. The lowest BCUT2D eigenvalue weighted by molar-refractivity contribution is 0.0280. The van der Waals surface area contributed by atoms with E-state index in [0.29, 0.717) is 12.2 Å². The van der Waals surface area contributed by atoms with Crippen LogP contribution in [0.3, 0.4) is 0 Å². The molecule has 1 fully saturated rings. The highest BCUT2D eigenvalue weighted by molar-refractivity contribution is 5.94. The minimum atomic E-state index is -0.219. The lowest BCUT2D eigenvalue weighted by Gasteiger charge is -2.41. The summed E-state index contributed by atoms with van der Waals surface area (Å²) in [6, 6.07) is 0. The highest BCUT2D eigenvalue weighted by Gasteiger charge is 2.37. The Hall–Kier alpha value is -1.62. The predicted molar refractivity (Wildman–Crippen MR) is 91.4 cm³/mol. The molecule has 2 heterocycles. The van der Waals surface area contributed by atoms with Crippen LogP contribution in [-0.2, 0) is 6.42 Å². The molecule has 0 radical (unpaired) electrons. The Morgan fingerprint density at radius 1 is 1.48 bits per heavy atom. The van der Waals surface area contributed by atoms with Crippen LogP contribution in [0.5, 0.6) is 0 Å². The normalized spacial score (nSPS) is 21.3. The zero-order valence-corrected chi connectivity index (χ0v) is 14.8. The number of aryl methyl sites for hydroxylation is 1. The van der Waals surface area contributed by atoms with E-state index in [0.717, 1.165) is 43.5 Å². The third kappa shape index (κ3) is 3.83. The molecular formula is C18H29N3O2. The SMILES string of the molecule is CCc1[nH]nc(C(=O)N2CCCC(CO)(CC=C(C)C)C2)c1C. The molecule has 1 aromatic heterocycles. The number of nitrogens with one attached hydrogen (secondary N) is 1. The van der Waals surface area contributed by atoms with E-state index < -0.39 is 0 Å². The highest BCUT2D eigenvalue weighted by atomic mass is 16.3. The molecule has 128 valence electrons. The molecule has 0 aliphatic carbocycles. The van der Waals surface area contributed by atoms with Crippen LogP contribution >= 0.6 is 0 Å². The van der Waals surface area contributed by atoms with Gasteiger partial charge in [0.2, 0.25) is 0 Å². The Labute approximate surface area is 138 Å². The summed E-state index contributed by atoms with van der Waals surface area (Å²) < 4.78 is 0. The Kier molecular flexibility index (Phi) is 5.63. The number of hydrogen-bond acceptors (Lipinski definition) is 3. The third-order valence-electron chi connectivity index (χ3n) is 4.89. The molecule has 1 aromatic rings. The van der Waals surface area contributed by atoms with Crippen LogP contribution < -0.4 is 0 Å². The first kappa shape index (κ1) is 17.7. The van der Waals surface area contributed by atoms with Crippen LogP contribution in [0.4, 0.5) is 0 Å². The van der Waals surface area contributed by atoms with Crippen LogP contribution in [-0.4, -0.2) is 45.8 Å². The van der Waals surface area contributed by atoms with Crippen molar-refractivity contribution in [2.24, 2.45) is 5.41 Å². The molecule has 1 amide bonds. The second-order valence-electron chi connectivity index (χ2n) is 7.00. The van der Waals surface area contributed by atoms with Crippen molar-refractivity contribution < 1.29 is 9.90 Å². The fourth-order valence-electron chi connectivity index (χ4n) is 3.30. The van der Waals surface area contributed by atoms with Crippen molar-refractivity contribution in [1.29, 1.82) is 0 Å². The van der Waals surface area contributed by atoms with E-state index >= 15 is 0 Å². The maximum Gasteiger partial charge on any atom is 0.274 e. The minimum absolute atomic E-state index is 0.0202. The van der Waals surface area contributed by atoms with Gasteiger partial charge in [-0.05, 0) is 46.5 Å². The summed E-state index contributed by atoms with van der Waals surface area (Å²) >= 11 is 0. The second kappa shape index (κ2) is 7.30. The number of rotatable bonds is 5. The number of aliphatic hydroxyl groups excluding tert-OH is 1. The standard InChI is InChI=1S/C18H29N3O2/c1-5-15-14(4)16(20-19-15)17(23)21-10-6-8-18(11-21,12-22)9-7-13(2)3/h7,22H,5-6,8-12H2,1-4H3,(H,19,20). The fourth-order valence-corrected chi connectivity index (χ4v) is 3.30. The number of nitrogens with zero attached hydrogens (tertiary/aromatic N) is 2. The molecule has 1 unspecified atom stereocenters. The summed E-state index contributed by atoms with van der Waals surface area (Å²) in [6.07, 6.45) is 5.70. The number of piperidine rings is 1. The summed E-state index contributed by atoms with van der Waals surface area (Å²) in [5, 5.41) is 17.1. The van der Waals surface area contributed by atoms with E-state index in [9.17, 15) is 9.90 Å². The third-order valence-corrected chi connectivity index (χ3v) is 4.89. The molecule has 1 saturated heterocycles. The van der Waals surface area contributed by atoms with Crippen molar-refractivity contribution in [3.63, 3.8) is 0 Å². The van der Waals surface area contributed by atoms with E-state index in [2.05, 4.69) is 30.1 Å². The molecular weight excluding hydrogens is 290 g/mol. The lowest BCUT2D eigenvalue weighted by atomic mass is 9.77. The van der Waals surface area contributed by atoms with E-state index in [1.165, 1.54) is 5.57 Å². The lowest BCUT2D eigenvalue weighted by Crippen LogP contribution is -2.48. The monoisotopic (exact) mass is 319 g/mol. The summed E-state index contributed by atoms with van der Waals surface area (Å²) in [5.74, 6) is -0.0202. The van der Waals surface area contributed by atoms with Gasteiger partial charge in [0.25, 0.3) is 5.91 Å². The second-order valence-corrected chi connectivity index (χ2v) is 7.00. The van der Waals surface area contributed by atoms with Gasteiger partial charge in [0.15, 0.2) is 5.69 Å². The number of H-pyrrole nitrogens is 1. The molecule has 2 rings (SSSR count). The van der Waals surface area contributed by atoms with Gasteiger partial charge in [-0.3, -0.25) is 9.89 Å². The number of carbonyl (C=O) groups excluding carboxylic acids is 1. The first-order valence-electron chi connectivity index (χ1n) is 8.50. The fraction of sp³-hybridized carbons (Fsp3) is 0.667. The van der Waals surface area contributed by atoms with E-state index in [1.54, 1.807) is 0 Å². The van der Waals surface area contributed by atoms with Crippen molar-refractivity contribution in [3.05, 3.63) is 28.6 Å². The van der Waals surface area contributed by atoms with Crippen molar-refractivity contribution in [2.45, 2.75) is 53.4 Å². The minimum Gasteiger partial charge on any atom is -0.396 e. The van der Waals surface area contributed by atoms with Crippen LogP contribution in [0.2, 0.25) is 0 Å². The summed E-state index contributed by atoms with van der Waals surface area (Å²) in [7, 11) is 0. The topological polar surface area (TPSA) is 69.2 Å². The largest absolute Gasteiger partial charge is 0.396 e. The zero-order chi connectivity index (χ0) is 17.0. The van der Waals surface area contributed by atoms with E-state index in [1.807, 2.05) is 18.7 Å². The van der Waals surface area contributed by atoms with Gasteiger partial charge in [-0.2, -0.15) is 5.10 Å². The Balaban J connectivity index is 2.17. The van der Waals surface area contributed by atoms with E-state index in [-0.39, 0.29) is 17.9 Å². The van der Waals surface area contributed by atoms with Crippen molar-refractivity contribution >= 4 is 5.91 Å². The number of aliphatic hydroxyl groups is 1. The van der Waals surface area contributed by atoms with Crippen molar-refractivity contribution in [2.75, 3.05) is 19.7 Å². The van der Waals surface area contributed by atoms with Crippen LogP contribution in [0.25, 0.3) is 0 Å². The summed E-state index contributed by atoms with van der Waals surface area (Å²) in [4.78, 5) is 14.7. The van der Waals surface area contributed by atoms with Crippen LogP contribution in [0.15, 0.2) is 11.6 Å². The number of allylic oxidation sites excluding steroid dienone is 2. The molecule has 5 heteroatoms. The molecule has 2 N–H and O–H groups in total. The average molecular weight is 319 g/mol. The highest BCUT2D eigenvalue weighted by Crippen LogP contribution is 2.34. The molecule has 5 nitrogen and oxygen atoms in total. The first-order valence-corrected chi connectivity index (χ1v) is 8.50. The molecule has 0 aromatic carbocycles. The number of likely N-dealkylation sites (tertiary alicyclic amines) is 1. The van der Waals surface area contributed by atoms with Gasteiger partial charge < -0.3 is 10.0 Å². The number of hydrogen-bond donors (Lipinski definition) is 2. The number of carbonyl (C=O) groups is 1.